The Kier molecular flexibility index (Phi) is 5.48. The number of rotatable bonds is 6. The van der Waals surface area contributed by atoms with Gasteiger partial charge in [-0.25, -0.2) is 0 Å². The number of ether oxygens (including phenoxy) is 1. The third-order valence-electron chi connectivity index (χ3n) is 7.00. The Labute approximate surface area is 143 Å². The fraction of sp³-hybridized carbons (Fsp3) is 0.810. The van der Waals surface area contributed by atoms with Crippen LogP contribution in [0.3, 0.4) is 0 Å². The zero-order valence-corrected chi connectivity index (χ0v) is 15.7. The van der Waals surface area contributed by atoms with Gasteiger partial charge in [0, 0.05) is 7.11 Å². The average molecular weight is 321 g/mol. The molecule has 0 bridgehead atoms. The minimum Gasteiger partial charge on any atom is -0.386 e. The van der Waals surface area contributed by atoms with Crippen molar-refractivity contribution < 1.29 is 9.84 Å². The van der Waals surface area contributed by atoms with Crippen molar-refractivity contribution in [2.24, 2.45) is 22.7 Å². The van der Waals surface area contributed by atoms with Crippen molar-refractivity contribution in [1.82, 2.24) is 0 Å². The Morgan fingerprint density at radius 3 is 2.70 bits per heavy atom. The van der Waals surface area contributed by atoms with Crippen LogP contribution in [0.4, 0.5) is 0 Å². The van der Waals surface area contributed by atoms with Gasteiger partial charge in [0.15, 0.2) is 0 Å². The summed E-state index contributed by atoms with van der Waals surface area (Å²) in [6, 6.07) is 0. The number of fused-ring (bicyclic) bond motifs is 1. The first-order valence-corrected chi connectivity index (χ1v) is 9.21. The molecule has 2 aliphatic carbocycles. The van der Waals surface area contributed by atoms with Crippen molar-refractivity contribution in [2.45, 2.75) is 71.3 Å². The summed E-state index contributed by atoms with van der Waals surface area (Å²) < 4.78 is 5.60. The summed E-state index contributed by atoms with van der Waals surface area (Å²) in [5, 5.41) is 10.3. The summed E-state index contributed by atoms with van der Waals surface area (Å²) in [7, 11) is 1.83. The zero-order valence-electron chi connectivity index (χ0n) is 15.7. The van der Waals surface area contributed by atoms with Crippen LogP contribution in [0.1, 0.15) is 65.7 Å². The smallest absolute Gasteiger partial charge is 0.0797 e. The van der Waals surface area contributed by atoms with E-state index in [9.17, 15) is 5.11 Å². The Balaban J connectivity index is 2.24. The van der Waals surface area contributed by atoms with Gasteiger partial charge in [0.05, 0.1) is 12.2 Å². The van der Waals surface area contributed by atoms with E-state index in [-0.39, 0.29) is 10.8 Å². The maximum absolute atomic E-state index is 10.3. The number of hydrogen-bond donors (Lipinski definition) is 1. The zero-order chi connectivity index (χ0) is 17.3. The molecule has 0 heterocycles. The Hall–Kier alpha value is -0.600. The lowest BCUT2D eigenvalue weighted by Crippen LogP contribution is -2.52. The second kappa shape index (κ2) is 6.72. The van der Waals surface area contributed by atoms with Crippen molar-refractivity contribution in [3.05, 3.63) is 24.8 Å². The molecule has 0 amide bonds. The summed E-state index contributed by atoms with van der Waals surface area (Å²) >= 11 is 0. The molecule has 5 atom stereocenters. The summed E-state index contributed by atoms with van der Waals surface area (Å²) in [5.41, 5.74) is 1.19. The molecule has 0 aromatic heterocycles. The summed E-state index contributed by atoms with van der Waals surface area (Å²) in [5.74, 6) is 1.19. The molecule has 2 nitrogen and oxygen atoms in total. The number of hydrogen-bond acceptors (Lipinski definition) is 2. The number of methoxy groups -OCH3 is 1. The first kappa shape index (κ1) is 18.7. The molecule has 0 spiro atoms. The van der Waals surface area contributed by atoms with Gasteiger partial charge in [-0.1, -0.05) is 38.5 Å². The predicted octanol–water partition coefficient (Wildman–Crippen LogP) is 5.13. The first-order valence-electron chi connectivity index (χ1n) is 9.21. The molecule has 0 aromatic carbocycles. The molecule has 2 aliphatic rings. The quantitative estimate of drug-likeness (QED) is 0.688. The van der Waals surface area contributed by atoms with Gasteiger partial charge in [-0.2, -0.15) is 0 Å². The van der Waals surface area contributed by atoms with Gasteiger partial charge >= 0.3 is 0 Å². The van der Waals surface area contributed by atoms with Gasteiger partial charge in [-0.15, -0.1) is 6.58 Å². The standard InChI is InChI=1S/C21H36O2/c1-7-20(4,22)14-11-17-16(2)9-10-18-19(3,15-23-6)12-8-13-21(17,18)5/h7,17-18,22H,1-2,8-15H2,3-6H3. The number of allylic oxidation sites excluding steroid dienone is 1. The third-order valence-corrected chi connectivity index (χ3v) is 7.00. The number of aliphatic hydroxyl groups is 1. The lowest BCUT2D eigenvalue weighted by molar-refractivity contribution is -0.0953. The van der Waals surface area contributed by atoms with Crippen LogP contribution in [-0.4, -0.2) is 24.4 Å². The highest BCUT2D eigenvalue weighted by atomic mass is 16.5. The van der Waals surface area contributed by atoms with Gasteiger partial charge < -0.3 is 9.84 Å². The lowest BCUT2D eigenvalue weighted by atomic mass is 9.46. The molecule has 2 saturated carbocycles. The van der Waals surface area contributed by atoms with Gasteiger partial charge in [0.25, 0.3) is 0 Å². The highest BCUT2D eigenvalue weighted by Crippen LogP contribution is 2.62. The van der Waals surface area contributed by atoms with Crippen LogP contribution in [0.2, 0.25) is 0 Å². The van der Waals surface area contributed by atoms with Crippen molar-refractivity contribution >= 4 is 0 Å². The maximum atomic E-state index is 10.3. The highest BCUT2D eigenvalue weighted by molar-refractivity contribution is 5.16. The fourth-order valence-corrected chi connectivity index (χ4v) is 5.66. The molecule has 2 rings (SSSR count). The van der Waals surface area contributed by atoms with E-state index in [4.69, 9.17) is 4.74 Å². The highest BCUT2D eigenvalue weighted by Gasteiger charge is 2.54. The first-order chi connectivity index (χ1) is 10.7. The van der Waals surface area contributed by atoms with Crippen molar-refractivity contribution in [1.29, 1.82) is 0 Å². The van der Waals surface area contributed by atoms with Crippen LogP contribution in [0.15, 0.2) is 24.8 Å². The SMILES string of the molecule is C=CC(C)(O)CCC1C(=C)CCC2C(C)(COC)CCCC12C. The molecule has 2 heteroatoms. The molecule has 0 saturated heterocycles. The van der Waals surface area contributed by atoms with Crippen LogP contribution in [0.5, 0.6) is 0 Å². The van der Waals surface area contributed by atoms with Crippen molar-refractivity contribution in [2.75, 3.05) is 13.7 Å². The molecule has 5 unspecified atom stereocenters. The van der Waals surface area contributed by atoms with E-state index in [1.165, 1.54) is 31.3 Å². The van der Waals surface area contributed by atoms with E-state index in [0.29, 0.717) is 11.8 Å². The molecule has 132 valence electrons. The van der Waals surface area contributed by atoms with E-state index in [1.807, 2.05) is 14.0 Å². The molecule has 1 N–H and O–H groups in total. The fourth-order valence-electron chi connectivity index (χ4n) is 5.66. The summed E-state index contributed by atoms with van der Waals surface area (Å²) in [4.78, 5) is 0. The Morgan fingerprint density at radius 2 is 2.09 bits per heavy atom. The van der Waals surface area contributed by atoms with Gasteiger partial charge in [0.2, 0.25) is 0 Å². The molecule has 0 aromatic rings. The predicted molar refractivity (Wildman–Crippen MR) is 97.3 cm³/mol. The molecule has 0 aliphatic heterocycles. The molecule has 23 heavy (non-hydrogen) atoms. The van der Waals surface area contributed by atoms with Crippen LogP contribution < -0.4 is 0 Å². The van der Waals surface area contributed by atoms with Crippen LogP contribution >= 0.6 is 0 Å². The van der Waals surface area contributed by atoms with Gasteiger partial charge in [-0.3, -0.25) is 0 Å². The van der Waals surface area contributed by atoms with Crippen LogP contribution in [-0.2, 0) is 4.74 Å². The van der Waals surface area contributed by atoms with Crippen molar-refractivity contribution in [3.63, 3.8) is 0 Å². The van der Waals surface area contributed by atoms with Gasteiger partial charge in [0.1, 0.15) is 0 Å². The molecule has 0 radical (unpaired) electrons. The summed E-state index contributed by atoms with van der Waals surface area (Å²) in [6.07, 6.45) is 9.63. The van der Waals surface area contributed by atoms with Crippen LogP contribution in [0, 0.1) is 22.7 Å². The van der Waals surface area contributed by atoms with Crippen LogP contribution in [0.25, 0.3) is 0 Å². The Bertz CT molecular complexity index is 449. The van der Waals surface area contributed by atoms with E-state index in [1.54, 1.807) is 6.08 Å². The second-order valence-electron chi connectivity index (χ2n) is 8.85. The van der Waals surface area contributed by atoms with Gasteiger partial charge in [-0.05, 0) is 68.1 Å². The second-order valence-corrected chi connectivity index (χ2v) is 8.85. The third kappa shape index (κ3) is 3.58. The average Bonchev–Trinajstić information content (AvgIpc) is 2.46. The summed E-state index contributed by atoms with van der Waals surface area (Å²) in [6.45, 7) is 15.8. The van der Waals surface area contributed by atoms with Crippen molar-refractivity contribution in [3.8, 4) is 0 Å². The molecular weight excluding hydrogens is 284 g/mol. The minimum absolute atomic E-state index is 0.279. The maximum Gasteiger partial charge on any atom is 0.0797 e. The topological polar surface area (TPSA) is 29.5 Å². The van der Waals surface area contributed by atoms with E-state index in [2.05, 4.69) is 27.0 Å². The van der Waals surface area contributed by atoms with E-state index < -0.39 is 5.60 Å². The van der Waals surface area contributed by atoms with E-state index >= 15 is 0 Å². The normalized spacial score (nSPS) is 40.3. The lowest BCUT2D eigenvalue weighted by Gasteiger charge is -2.59. The Morgan fingerprint density at radius 1 is 1.39 bits per heavy atom. The molecular formula is C21H36O2. The molecule has 2 fully saturated rings. The minimum atomic E-state index is -0.770. The largest absolute Gasteiger partial charge is 0.386 e. The van der Waals surface area contributed by atoms with E-state index in [0.717, 1.165) is 25.9 Å². The monoisotopic (exact) mass is 320 g/mol.